The molecule has 0 atom stereocenters. The Morgan fingerprint density at radius 1 is 0.825 bits per heavy atom. The van der Waals surface area contributed by atoms with Crippen LogP contribution in [0, 0.1) is 11.6 Å². The second-order valence-electron chi connectivity index (χ2n) is 9.85. The molecule has 0 unspecified atom stereocenters. The molecule has 0 radical (unpaired) electrons. The Labute approximate surface area is 233 Å². The van der Waals surface area contributed by atoms with Crippen LogP contribution in [0.3, 0.4) is 0 Å². The normalized spacial score (nSPS) is 13.6. The van der Waals surface area contributed by atoms with Crippen molar-refractivity contribution in [2.24, 2.45) is 0 Å². The van der Waals surface area contributed by atoms with Crippen molar-refractivity contribution in [3.63, 3.8) is 0 Å². The van der Waals surface area contributed by atoms with Crippen LogP contribution in [0.1, 0.15) is 34.4 Å². The Morgan fingerprint density at radius 3 is 2.33 bits per heavy atom. The fourth-order valence-corrected chi connectivity index (χ4v) is 5.01. The molecular formula is C32H33F2N3O3. The standard InChI is InChI=1S/C32H33F2N3O3/c1-2-39-30-9-4-3-8-29(30)36-16-18-37(19-17-36)32(38)31-15-14-28(40-31)23-35(21-24-10-12-26(33)13-11-24)22-25-6-5-7-27(34)20-25/h3-15,20H,2,16-19,21-23H2,1H3. The van der Waals surface area contributed by atoms with Gasteiger partial charge < -0.3 is 19.0 Å². The molecule has 0 bridgehead atoms. The number of ether oxygens (including phenoxy) is 1. The lowest BCUT2D eigenvalue weighted by Gasteiger charge is -2.36. The van der Waals surface area contributed by atoms with Gasteiger partial charge in [0.25, 0.3) is 5.91 Å². The van der Waals surface area contributed by atoms with Crippen LogP contribution in [0.4, 0.5) is 14.5 Å². The van der Waals surface area contributed by atoms with Crippen molar-refractivity contribution in [3.8, 4) is 5.75 Å². The number of para-hydroxylation sites is 2. The number of carbonyl (C=O) groups is 1. The number of hydrogen-bond donors (Lipinski definition) is 0. The molecule has 208 valence electrons. The van der Waals surface area contributed by atoms with Crippen molar-refractivity contribution in [1.29, 1.82) is 0 Å². The number of rotatable bonds is 10. The third kappa shape index (κ3) is 6.87. The number of furan rings is 1. The molecule has 6 nitrogen and oxygen atoms in total. The van der Waals surface area contributed by atoms with E-state index >= 15 is 0 Å². The summed E-state index contributed by atoms with van der Waals surface area (Å²) in [6, 6.07) is 24.3. The molecule has 40 heavy (non-hydrogen) atoms. The van der Waals surface area contributed by atoms with E-state index < -0.39 is 0 Å². The molecule has 3 aromatic carbocycles. The summed E-state index contributed by atoms with van der Waals surface area (Å²) in [5.41, 5.74) is 2.77. The zero-order valence-electron chi connectivity index (χ0n) is 22.6. The van der Waals surface area contributed by atoms with E-state index in [1.54, 1.807) is 24.3 Å². The summed E-state index contributed by atoms with van der Waals surface area (Å²) in [5.74, 6) is 1.04. The molecule has 0 saturated carbocycles. The number of amides is 1. The number of hydrogen-bond acceptors (Lipinski definition) is 5. The predicted molar refractivity (Wildman–Crippen MR) is 150 cm³/mol. The van der Waals surface area contributed by atoms with Crippen molar-refractivity contribution >= 4 is 11.6 Å². The summed E-state index contributed by atoms with van der Waals surface area (Å²) in [5, 5.41) is 0. The molecule has 5 rings (SSSR count). The SMILES string of the molecule is CCOc1ccccc1N1CCN(C(=O)c2ccc(CN(Cc3ccc(F)cc3)Cc3cccc(F)c3)o2)CC1. The average Bonchev–Trinajstić information content (AvgIpc) is 3.43. The van der Waals surface area contributed by atoms with Crippen molar-refractivity contribution in [1.82, 2.24) is 9.80 Å². The lowest BCUT2D eigenvalue weighted by Crippen LogP contribution is -2.48. The van der Waals surface area contributed by atoms with Gasteiger partial charge in [-0.3, -0.25) is 9.69 Å². The van der Waals surface area contributed by atoms with E-state index in [0.29, 0.717) is 63.9 Å². The Balaban J connectivity index is 1.23. The largest absolute Gasteiger partial charge is 0.492 e. The van der Waals surface area contributed by atoms with Gasteiger partial charge in [0.2, 0.25) is 0 Å². The highest BCUT2D eigenvalue weighted by molar-refractivity contribution is 5.91. The van der Waals surface area contributed by atoms with Gasteiger partial charge in [0, 0.05) is 39.3 Å². The summed E-state index contributed by atoms with van der Waals surface area (Å²) >= 11 is 0. The zero-order chi connectivity index (χ0) is 27.9. The Morgan fingerprint density at radius 2 is 1.57 bits per heavy atom. The van der Waals surface area contributed by atoms with Crippen molar-refractivity contribution in [2.45, 2.75) is 26.6 Å². The van der Waals surface area contributed by atoms with E-state index in [9.17, 15) is 13.6 Å². The summed E-state index contributed by atoms with van der Waals surface area (Å²) in [6.45, 7) is 6.48. The molecule has 1 saturated heterocycles. The second-order valence-corrected chi connectivity index (χ2v) is 9.85. The monoisotopic (exact) mass is 545 g/mol. The van der Waals surface area contributed by atoms with Gasteiger partial charge in [-0.15, -0.1) is 0 Å². The van der Waals surface area contributed by atoms with Gasteiger partial charge >= 0.3 is 0 Å². The van der Waals surface area contributed by atoms with E-state index in [-0.39, 0.29) is 17.5 Å². The van der Waals surface area contributed by atoms with Crippen molar-refractivity contribution < 1.29 is 22.7 Å². The van der Waals surface area contributed by atoms with Crippen LogP contribution in [0.15, 0.2) is 89.3 Å². The topological polar surface area (TPSA) is 49.2 Å². The molecule has 4 aromatic rings. The van der Waals surface area contributed by atoms with Crippen LogP contribution in [-0.4, -0.2) is 48.5 Å². The minimum Gasteiger partial charge on any atom is -0.492 e. The van der Waals surface area contributed by atoms with Gasteiger partial charge in [-0.2, -0.15) is 0 Å². The summed E-state index contributed by atoms with van der Waals surface area (Å²) in [7, 11) is 0. The first-order valence-electron chi connectivity index (χ1n) is 13.5. The van der Waals surface area contributed by atoms with Gasteiger partial charge in [0.05, 0.1) is 18.8 Å². The van der Waals surface area contributed by atoms with Crippen LogP contribution < -0.4 is 9.64 Å². The molecule has 1 amide bonds. The van der Waals surface area contributed by atoms with Crippen LogP contribution in [0.5, 0.6) is 5.75 Å². The van der Waals surface area contributed by atoms with Crippen molar-refractivity contribution in [3.05, 3.63) is 119 Å². The molecule has 0 N–H and O–H groups in total. The molecule has 8 heteroatoms. The predicted octanol–water partition coefficient (Wildman–Crippen LogP) is 6.12. The molecule has 1 aliphatic heterocycles. The first-order valence-corrected chi connectivity index (χ1v) is 13.5. The first-order chi connectivity index (χ1) is 19.5. The maximum atomic E-state index is 13.8. The van der Waals surface area contributed by atoms with E-state index in [1.807, 2.05) is 48.2 Å². The minimum atomic E-state index is -0.299. The van der Waals surface area contributed by atoms with Gasteiger partial charge in [0.15, 0.2) is 5.76 Å². The number of carbonyl (C=O) groups excluding carboxylic acids is 1. The maximum absolute atomic E-state index is 13.8. The zero-order valence-corrected chi connectivity index (χ0v) is 22.6. The number of anilines is 1. The van der Waals surface area contributed by atoms with Crippen molar-refractivity contribution in [2.75, 3.05) is 37.7 Å². The number of nitrogens with zero attached hydrogens (tertiary/aromatic N) is 3. The summed E-state index contributed by atoms with van der Waals surface area (Å²) < 4.78 is 39.1. The smallest absolute Gasteiger partial charge is 0.289 e. The van der Waals surface area contributed by atoms with E-state index in [4.69, 9.17) is 9.15 Å². The lowest BCUT2D eigenvalue weighted by atomic mass is 10.1. The minimum absolute atomic E-state index is 0.140. The average molecular weight is 546 g/mol. The van der Waals surface area contributed by atoms with Gasteiger partial charge in [-0.1, -0.05) is 36.4 Å². The molecule has 0 aliphatic carbocycles. The molecule has 1 aromatic heterocycles. The van der Waals surface area contributed by atoms with Gasteiger partial charge in [0.1, 0.15) is 23.1 Å². The molecule has 2 heterocycles. The fraction of sp³-hybridized carbons (Fsp3) is 0.281. The third-order valence-corrected chi connectivity index (χ3v) is 6.94. The quantitative estimate of drug-likeness (QED) is 0.240. The van der Waals surface area contributed by atoms with E-state index in [0.717, 1.165) is 22.6 Å². The van der Waals surface area contributed by atoms with Gasteiger partial charge in [-0.25, -0.2) is 8.78 Å². The lowest BCUT2D eigenvalue weighted by molar-refractivity contribution is 0.0710. The first kappa shape index (κ1) is 27.4. The molecule has 0 spiro atoms. The molecular weight excluding hydrogens is 512 g/mol. The van der Waals surface area contributed by atoms with Gasteiger partial charge in [-0.05, 0) is 66.6 Å². The maximum Gasteiger partial charge on any atom is 0.289 e. The fourth-order valence-electron chi connectivity index (χ4n) is 5.01. The number of piperazine rings is 1. The molecule has 1 aliphatic rings. The Hall–Kier alpha value is -4.17. The Bertz CT molecular complexity index is 1410. The Kier molecular flexibility index (Phi) is 8.76. The molecule has 1 fully saturated rings. The van der Waals surface area contributed by atoms with E-state index in [2.05, 4.69) is 9.80 Å². The van der Waals surface area contributed by atoms with Crippen LogP contribution in [-0.2, 0) is 19.6 Å². The number of halogens is 2. The summed E-state index contributed by atoms with van der Waals surface area (Å²) in [4.78, 5) is 19.4. The summed E-state index contributed by atoms with van der Waals surface area (Å²) in [6.07, 6.45) is 0. The van der Waals surface area contributed by atoms with Crippen LogP contribution in [0.2, 0.25) is 0 Å². The highest BCUT2D eigenvalue weighted by atomic mass is 19.1. The highest BCUT2D eigenvalue weighted by Crippen LogP contribution is 2.29. The highest BCUT2D eigenvalue weighted by Gasteiger charge is 2.26. The van der Waals surface area contributed by atoms with E-state index in [1.165, 1.54) is 24.3 Å². The van der Waals surface area contributed by atoms with Crippen LogP contribution in [0.25, 0.3) is 0 Å². The third-order valence-electron chi connectivity index (χ3n) is 6.94. The number of benzene rings is 3. The second kappa shape index (κ2) is 12.8. The van der Waals surface area contributed by atoms with Crippen LogP contribution >= 0.6 is 0 Å².